The highest BCUT2D eigenvalue weighted by Crippen LogP contribution is 2.21. The van der Waals surface area contributed by atoms with E-state index >= 15 is 0 Å². The van der Waals surface area contributed by atoms with Gasteiger partial charge in [0.1, 0.15) is 0 Å². The summed E-state index contributed by atoms with van der Waals surface area (Å²) in [5.41, 5.74) is 3.64. The summed E-state index contributed by atoms with van der Waals surface area (Å²) in [4.78, 5) is 6.79. The van der Waals surface area contributed by atoms with E-state index < -0.39 is 0 Å². The average Bonchev–Trinajstić information content (AvgIpc) is 2.49. The number of hydrogen-bond donors (Lipinski definition) is 1. The molecule has 3 heteroatoms. The smallest absolute Gasteiger partial charge is 0.0554 e. The molecule has 1 atom stereocenters. The first-order chi connectivity index (χ1) is 9.33. The number of anilines is 1. The molecule has 0 amide bonds. The minimum absolute atomic E-state index is 0.399. The molecule has 0 radical (unpaired) electrons. The van der Waals surface area contributed by atoms with E-state index in [4.69, 9.17) is 0 Å². The molecule has 1 fully saturated rings. The molecule has 1 aromatic heterocycles. The SMILES string of the molecule is Cc1ccc(N2CCNC(c3ccccc3)C2)cn1. The number of aromatic nitrogens is 1. The molecule has 1 aliphatic rings. The highest BCUT2D eigenvalue weighted by molar-refractivity contribution is 5.45. The highest BCUT2D eigenvalue weighted by Gasteiger charge is 2.20. The van der Waals surface area contributed by atoms with Gasteiger partial charge in [0, 0.05) is 31.4 Å². The van der Waals surface area contributed by atoms with Crippen LogP contribution in [0.2, 0.25) is 0 Å². The molecule has 2 heterocycles. The van der Waals surface area contributed by atoms with Gasteiger partial charge in [0.25, 0.3) is 0 Å². The van der Waals surface area contributed by atoms with Crippen LogP contribution < -0.4 is 10.2 Å². The molecule has 2 aromatic rings. The molecule has 0 saturated carbocycles. The predicted molar refractivity (Wildman–Crippen MR) is 78.4 cm³/mol. The van der Waals surface area contributed by atoms with E-state index in [9.17, 15) is 0 Å². The van der Waals surface area contributed by atoms with Gasteiger partial charge in [-0.05, 0) is 24.6 Å². The van der Waals surface area contributed by atoms with Crippen LogP contribution in [-0.4, -0.2) is 24.6 Å². The molecule has 1 unspecified atom stereocenters. The minimum Gasteiger partial charge on any atom is -0.367 e. The Kier molecular flexibility index (Phi) is 3.47. The van der Waals surface area contributed by atoms with Crippen LogP contribution in [0.5, 0.6) is 0 Å². The number of rotatable bonds is 2. The van der Waals surface area contributed by atoms with E-state index in [0.29, 0.717) is 6.04 Å². The first-order valence-corrected chi connectivity index (χ1v) is 6.79. The number of aryl methyl sites for hydroxylation is 1. The third-order valence-corrected chi connectivity index (χ3v) is 3.64. The van der Waals surface area contributed by atoms with Crippen molar-refractivity contribution in [1.82, 2.24) is 10.3 Å². The van der Waals surface area contributed by atoms with E-state index in [-0.39, 0.29) is 0 Å². The normalized spacial score (nSPS) is 19.4. The second-order valence-corrected chi connectivity index (χ2v) is 5.02. The van der Waals surface area contributed by atoms with Crippen LogP contribution in [0.25, 0.3) is 0 Å². The largest absolute Gasteiger partial charge is 0.367 e. The van der Waals surface area contributed by atoms with Crippen molar-refractivity contribution in [2.45, 2.75) is 13.0 Å². The number of nitrogens with one attached hydrogen (secondary N) is 1. The summed E-state index contributed by atoms with van der Waals surface area (Å²) < 4.78 is 0. The monoisotopic (exact) mass is 253 g/mol. The Morgan fingerprint density at radius 1 is 1.16 bits per heavy atom. The van der Waals surface area contributed by atoms with Gasteiger partial charge in [0.15, 0.2) is 0 Å². The fourth-order valence-electron chi connectivity index (χ4n) is 2.54. The molecular weight excluding hydrogens is 234 g/mol. The van der Waals surface area contributed by atoms with Gasteiger partial charge in [-0.2, -0.15) is 0 Å². The van der Waals surface area contributed by atoms with E-state index in [1.807, 2.05) is 13.1 Å². The first-order valence-electron chi connectivity index (χ1n) is 6.79. The van der Waals surface area contributed by atoms with Crippen molar-refractivity contribution < 1.29 is 0 Å². The van der Waals surface area contributed by atoms with Crippen molar-refractivity contribution in [3.8, 4) is 0 Å². The number of benzene rings is 1. The summed E-state index contributed by atoms with van der Waals surface area (Å²) in [5, 5.41) is 3.58. The van der Waals surface area contributed by atoms with Crippen molar-refractivity contribution in [3.05, 3.63) is 59.9 Å². The van der Waals surface area contributed by atoms with Crippen LogP contribution >= 0.6 is 0 Å². The van der Waals surface area contributed by atoms with Crippen LogP contribution in [0.3, 0.4) is 0 Å². The lowest BCUT2D eigenvalue weighted by Crippen LogP contribution is -2.45. The summed E-state index contributed by atoms with van der Waals surface area (Å²) in [6.07, 6.45) is 1.97. The van der Waals surface area contributed by atoms with Crippen molar-refractivity contribution in [2.24, 2.45) is 0 Å². The third-order valence-electron chi connectivity index (χ3n) is 3.64. The number of piperazine rings is 1. The molecule has 1 aliphatic heterocycles. The van der Waals surface area contributed by atoms with Gasteiger partial charge in [0.2, 0.25) is 0 Å². The Labute approximate surface area is 114 Å². The lowest BCUT2D eigenvalue weighted by Gasteiger charge is -2.35. The number of nitrogens with zero attached hydrogens (tertiary/aromatic N) is 2. The molecule has 0 bridgehead atoms. The Hall–Kier alpha value is -1.87. The van der Waals surface area contributed by atoms with Crippen LogP contribution in [0.1, 0.15) is 17.3 Å². The Morgan fingerprint density at radius 3 is 2.74 bits per heavy atom. The van der Waals surface area contributed by atoms with Crippen molar-refractivity contribution in [2.75, 3.05) is 24.5 Å². The zero-order valence-corrected chi connectivity index (χ0v) is 11.2. The second kappa shape index (κ2) is 5.41. The maximum Gasteiger partial charge on any atom is 0.0554 e. The quantitative estimate of drug-likeness (QED) is 0.891. The van der Waals surface area contributed by atoms with Crippen molar-refractivity contribution >= 4 is 5.69 Å². The molecule has 3 rings (SSSR count). The molecule has 1 aromatic carbocycles. The number of hydrogen-bond acceptors (Lipinski definition) is 3. The van der Waals surface area contributed by atoms with Gasteiger partial charge in [-0.25, -0.2) is 0 Å². The summed E-state index contributed by atoms with van der Waals surface area (Å²) in [5.74, 6) is 0. The summed E-state index contributed by atoms with van der Waals surface area (Å²) >= 11 is 0. The van der Waals surface area contributed by atoms with Gasteiger partial charge < -0.3 is 10.2 Å². The van der Waals surface area contributed by atoms with E-state index in [0.717, 1.165) is 25.3 Å². The maximum absolute atomic E-state index is 4.39. The van der Waals surface area contributed by atoms with Crippen LogP contribution in [0, 0.1) is 6.92 Å². The van der Waals surface area contributed by atoms with E-state index in [2.05, 4.69) is 57.7 Å². The minimum atomic E-state index is 0.399. The van der Waals surface area contributed by atoms with Gasteiger partial charge in [-0.3, -0.25) is 4.98 Å². The number of pyridine rings is 1. The van der Waals surface area contributed by atoms with Crippen molar-refractivity contribution in [1.29, 1.82) is 0 Å². The summed E-state index contributed by atoms with van der Waals surface area (Å²) in [6.45, 7) is 5.06. The standard InChI is InChI=1S/C16H19N3/c1-13-7-8-15(11-18-13)19-10-9-17-16(12-19)14-5-3-2-4-6-14/h2-8,11,16-17H,9-10,12H2,1H3. The molecule has 0 spiro atoms. The maximum atomic E-state index is 4.39. The summed E-state index contributed by atoms with van der Waals surface area (Å²) in [7, 11) is 0. The van der Waals surface area contributed by atoms with Gasteiger partial charge in [-0.1, -0.05) is 30.3 Å². The second-order valence-electron chi connectivity index (χ2n) is 5.02. The zero-order valence-electron chi connectivity index (χ0n) is 11.2. The third kappa shape index (κ3) is 2.76. The molecular formula is C16H19N3. The molecule has 98 valence electrons. The summed E-state index contributed by atoms with van der Waals surface area (Å²) in [6, 6.07) is 15.3. The Balaban J connectivity index is 1.76. The Bertz CT molecular complexity index is 521. The van der Waals surface area contributed by atoms with Gasteiger partial charge in [-0.15, -0.1) is 0 Å². The molecule has 1 saturated heterocycles. The fraction of sp³-hybridized carbons (Fsp3) is 0.312. The van der Waals surface area contributed by atoms with E-state index in [1.54, 1.807) is 0 Å². The highest BCUT2D eigenvalue weighted by atomic mass is 15.2. The Morgan fingerprint density at radius 2 is 2.00 bits per heavy atom. The molecule has 1 N–H and O–H groups in total. The van der Waals surface area contributed by atoms with Crippen LogP contribution in [-0.2, 0) is 0 Å². The molecule has 3 nitrogen and oxygen atoms in total. The van der Waals surface area contributed by atoms with Crippen LogP contribution in [0.15, 0.2) is 48.7 Å². The van der Waals surface area contributed by atoms with Gasteiger partial charge in [0.05, 0.1) is 11.9 Å². The lowest BCUT2D eigenvalue weighted by molar-refractivity contribution is 0.472. The van der Waals surface area contributed by atoms with Crippen LogP contribution in [0.4, 0.5) is 5.69 Å². The lowest BCUT2D eigenvalue weighted by atomic mass is 10.0. The molecule has 19 heavy (non-hydrogen) atoms. The first kappa shape index (κ1) is 12.2. The van der Waals surface area contributed by atoms with Crippen molar-refractivity contribution in [3.63, 3.8) is 0 Å². The average molecular weight is 253 g/mol. The van der Waals surface area contributed by atoms with E-state index in [1.165, 1.54) is 11.3 Å². The fourth-order valence-corrected chi connectivity index (χ4v) is 2.54. The topological polar surface area (TPSA) is 28.2 Å². The molecule has 0 aliphatic carbocycles. The predicted octanol–water partition coefficient (Wildman–Crippen LogP) is 2.54. The van der Waals surface area contributed by atoms with Gasteiger partial charge >= 0.3 is 0 Å². The zero-order chi connectivity index (χ0) is 13.1.